The standard InChI is InChI=1S/C37H49NO8.CH2O/c1-8-16-38-28-11-9-10-27(19-28)37(39,29-17-25(12-14-31(29)41-7)33-42-20-35(2,3)21-43-33)30-18-26(13-15-32(30)46-24-40-6)34-44-22-36(4,5)23-45-34;1-2/h9-15,17-19,33-34,38-39H,8,16,20-24H2,1-7H3;1H2. The molecule has 2 saturated heterocycles. The molecule has 2 aliphatic heterocycles. The van der Waals surface area contributed by atoms with Gasteiger partial charge in [-0.05, 0) is 48.4 Å². The van der Waals surface area contributed by atoms with Crippen LogP contribution in [0, 0.1) is 10.8 Å². The Bertz CT molecular complexity index is 1470. The van der Waals surface area contributed by atoms with Crippen LogP contribution in [0.5, 0.6) is 11.5 Å². The number of carbonyl (C=O) groups excluding carboxylic acids is 1. The van der Waals surface area contributed by atoms with Gasteiger partial charge in [-0.15, -0.1) is 0 Å². The molecule has 2 N–H and O–H groups in total. The lowest BCUT2D eigenvalue weighted by atomic mass is 9.78. The first-order valence-corrected chi connectivity index (χ1v) is 16.3. The first-order valence-electron chi connectivity index (χ1n) is 16.3. The Balaban J connectivity index is 0.00000255. The van der Waals surface area contributed by atoms with Gasteiger partial charge >= 0.3 is 0 Å². The number of carbonyl (C=O) groups is 1. The smallest absolute Gasteiger partial charge is 0.188 e. The molecule has 0 radical (unpaired) electrons. The third-order valence-corrected chi connectivity index (χ3v) is 8.24. The predicted octanol–water partition coefficient (Wildman–Crippen LogP) is 6.74. The molecular weight excluding hydrogens is 614 g/mol. The number of aliphatic hydroxyl groups is 1. The normalized spacial score (nSPS) is 19.0. The first kappa shape index (κ1) is 37.3. The van der Waals surface area contributed by atoms with Gasteiger partial charge in [0.25, 0.3) is 0 Å². The average molecular weight is 666 g/mol. The van der Waals surface area contributed by atoms with E-state index >= 15 is 0 Å². The molecule has 0 aliphatic carbocycles. The molecule has 10 nitrogen and oxygen atoms in total. The Hall–Kier alpha value is -3.51. The molecule has 1 atom stereocenters. The minimum absolute atomic E-state index is 0.0120. The van der Waals surface area contributed by atoms with Crippen LogP contribution in [0.2, 0.25) is 0 Å². The van der Waals surface area contributed by atoms with Crippen molar-refractivity contribution >= 4 is 12.5 Å². The minimum atomic E-state index is -1.77. The van der Waals surface area contributed by atoms with Crippen molar-refractivity contribution in [2.45, 2.75) is 59.2 Å². The number of methoxy groups -OCH3 is 2. The highest BCUT2D eigenvalue weighted by atomic mass is 16.7. The number of nitrogens with one attached hydrogen (secondary N) is 1. The van der Waals surface area contributed by atoms with Crippen LogP contribution < -0.4 is 14.8 Å². The van der Waals surface area contributed by atoms with Crippen LogP contribution >= 0.6 is 0 Å². The third kappa shape index (κ3) is 8.55. The molecule has 0 saturated carbocycles. The van der Waals surface area contributed by atoms with Crippen molar-refractivity contribution in [3.63, 3.8) is 0 Å². The number of benzene rings is 3. The fourth-order valence-corrected chi connectivity index (χ4v) is 5.73. The molecular formula is C38H51NO9. The van der Waals surface area contributed by atoms with Crippen LogP contribution in [0.4, 0.5) is 5.69 Å². The van der Waals surface area contributed by atoms with Gasteiger partial charge < -0.3 is 48.4 Å². The van der Waals surface area contributed by atoms with E-state index < -0.39 is 18.2 Å². The van der Waals surface area contributed by atoms with E-state index in [4.69, 9.17) is 38.0 Å². The van der Waals surface area contributed by atoms with Gasteiger partial charge in [0.2, 0.25) is 0 Å². The Morgan fingerprint density at radius 2 is 1.33 bits per heavy atom. The van der Waals surface area contributed by atoms with Gasteiger partial charge in [0.05, 0.1) is 33.5 Å². The zero-order chi connectivity index (χ0) is 35.0. The van der Waals surface area contributed by atoms with E-state index in [2.05, 4.69) is 39.9 Å². The Labute approximate surface area is 284 Å². The average Bonchev–Trinajstić information content (AvgIpc) is 3.10. The summed E-state index contributed by atoms with van der Waals surface area (Å²) in [5, 5.41) is 16.8. The van der Waals surface area contributed by atoms with Crippen molar-refractivity contribution in [1.82, 2.24) is 0 Å². The lowest BCUT2D eigenvalue weighted by molar-refractivity contribution is -0.226. The minimum Gasteiger partial charge on any atom is -0.496 e. The van der Waals surface area contributed by atoms with Gasteiger partial charge in [0.15, 0.2) is 19.4 Å². The zero-order valence-electron chi connectivity index (χ0n) is 29.3. The Morgan fingerprint density at radius 1 is 0.812 bits per heavy atom. The second kappa shape index (κ2) is 16.3. The maximum absolute atomic E-state index is 13.4. The summed E-state index contributed by atoms with van der Waals surface area (Å²) >= 11 is 0. The van der Waals surface area contributed by atoms with Crippen LogP contribution in [0.1, 0.15) is 81.4 Å². The molecule has 2 aliphatic rings. The van der Waals surface area contributed by atoms with Crippen LogP contribution in [-0.4, -0.2) is 65.9 Å². The van der Waals surface area contributed by atoms with Crippen molar-refractivity contribution < 1.29 is 43.1 Å². The van der Waals surface area contributed by atoms with Gasteiger partial charge in [-0.2, -0.15) is 0 Å². The molecule has 48 heavy (non-hydrogen) atoms. The van der Waals surface area contributed by atoms with Gasteiger partial charge in [-0.1, -0.05) is 58.9 Å². The van der Waals surface area contributed by atoms with Crippen molar-refractivity contribution in [3.8, 4) is 11.5 Å². The summed E-state index contributed by atoms with van der Waals surface area (Å²) in [6, 6.07) is 19.1. The molecule has 2 heterocycles. The fraction of sp³-hybridized carbons (Fsp3) is 0.500. The van der Waals surface area contributed by atoms with E-state index in [9.17, 15) is 5.11 Å². The SMILES string of the molecule is C=O.CCCNc1cccc(C(O)(c2cc(C3OCC(C)(C)CO3)ccc2OC)c2cc(C3OCC(C)(C)CO3)ccc2OCOC)c1. The van der Waals surface area contributed by atoms with Gasteiger partial charge in [-0.3, -0.25) is 0 Å². The van der Waals surface area contributed by atoms with E-state index in [1.165, 1.54) is 0 Å². The van der Waals surface area contributed by atoms with Gasteiger partial charge in [0.1, 0.15) is 23.9 Å². The number of hydrogen-bond donors (Lipinski definition) is 2. The van der Waals surface area contributed by atoms with E-state index in [-0.39, 0.29) is 17.6 Å². The maximum Gasteiger partial charge on any atom is 0.188 e. The van der Waals surface area contributed by atoms with E-state index in [0.29, 0.717) is 54.6 Å². The topological polar surface area (TPSA) is 114 Å². The van der Waals surface area contributed by atoms with Gasteiger partial charge in [-0.25, -0.2) is 0 Å². The summed E-state index contributed by atoms with van der Waals surface area (Å²) in [6.45, 7) is 15.5. The molecule has 262 valence electrons. The van der Waals surface area contributed by atoms with Gasteiger partial charge in [0, 0.05) is 52.4 Å². The lowest BCUT2D eigenvalue weighted by Crippen LogP contribution is -2.35. The molecule has 1 unspecified atom stereocenters. The van der Waals surface area contributed by atoms with E-state index in [1.54, 1.807) is 14.2 Å². The quantitative estimate of drug-likeness (QED) is 0.159. The van der Waals surface area contributed by atoms with Crippen LogP contribution in [0.15, 0.2) is 60.7 Å². The monoisotopic (exact) mass is 665 g/mol. The van der Waals surface area contributed by atoms with Crippen molar-refractivity contribution in [1.29, 1.82) is 0 Å². The largest absolute Gasteiger partial charge is 0.496 e. The van der Waals surface area contributed by atoms with Crippen molar-refractivity contribution in [2.75, 3.05) is 59.3 Å². The fourth-order valence-electron chi connectivity index (χ4n) is 5.73. The molecule has 10 heteroatoms. The lowest BCUT2D eigenvalue weighted by Gasteiger charge is -2.37. The predicted molar refractivity (Wildman–Crippen MR) is 183 cm³/mol. The third-order valence-electron chi connectivity index (χ3n) is 8.24. The Morgan fingerprint density at radius 3 is 1.83 bits per heavy atom. The summed E-state index contributed by atoms with van der Waals surface area (Å²) in [6.07, 6.45) is -0.245. The molecule has 0 spiro atoms. The molecule has 5 rings (SSSR count). The van der Waals surface area contributed by atoms with E-state index in [1.807, 2.05) is 67.5 Å². The summed E-state index contributed by atoms with van der Waals surface area (Å²) in [5.74, 6) is 0.930. The molecule has 0 amide bonds. The molecule has 3 aromatic rings. The summed E-state index contributed by atoms with van der Waals surface area (Å²) < 4.78 is 42.0. The molecule has 0 aromatic heterocycles. The van der Waals surface area contributed by atoms with Crippen LogP contribution in [0.3, 0.4) is 0 Å². The molecule has 0 bridgehead atoms. The summed E-state index contributed by atoms with van der Waals surface area (Å²) in [4.78, 5) is 8.00. The number of anilines is 1. The number of rotatable bonds is 12. The van der Waals surface area contributed by atoms with Crippen LogP contribution in [0.25, 0.3) is 0 Å². The summed E-state index contributed by atoms with van der Waals surface area (Å²) in [7, 11) is 3.16. The molecule has 2 fully saturated rings. The second-order valence-corrected chi connectivity index (χ2v) is 13.7. The maximum atomic E-state index is 13.4. The van der Waals surface area contributed by atoms with Crippen molar-refractivity contribution in [2.24, 2.45) is 10.8 Å². The number of ether oxygens (including phenoxy) is 7. The summed E-state index contributed by atoms with van der Waals surface area (Å²) in [5.41, 5.74) is 2.04. The Kier molecular flexibility index (Phi) is 12.6. The number of hydrogen-bond acceptors (Lipinski definition) is 10. The molecule has 3 aromatic carbocycles. The highest BCUT2D eigenvalue weighted by Crippen LogP contribution is 2.48. The zero-order valence-corrected chi connectivity index (χ0v) is 29.3. The van der Waals surface area contributed by atoms with E-state index in [0.717, 1.165) is 29.8 Å². The highest BCUT2D eigenvalue weighted by Gasteiger charge is 2.42. The van der Waals surface area contributed by atoms with Crippen LogP contribution in [-0.2, 0) is 34.1 Å². The second-order valence-electron chi connectivity index (χ2n) is 13.7. The first-order chi connectivity index (χ1) is 23.0. The van der Waals surface area contributed by atoms with Crippen molar-refractivity contribution in [3.05, 3.63) is 88.5 Å². The highest BCUT2D eigenvalue weighted by molar-refractivity contribution is 5.60.